The van der Waals surface area contributed by atoms with Crippen LogP contribution < -0.4 is 0 Å². The molecule has 26 heavy (non-hydrogen) atoms. The summed E-state index contributed by atoms with van der Waals surface area (Å²) < 4.78 is 5.66. The zero-order valence-corrected chi connectivity index (χ0v) is 14.5. The lowest BCUT2D eigenvalue weighted by Crippen LogP contribution is -2.48. The van der Waals surface area contributed by atoms with Crippen LogP contribution in [-0.4, -0.2) is 41.9 Å². The number of morpholine rings is 1. The van der Waals surface area contributed by atoms with E-state index in [9.17, 15) is 14.9 Å². The first kappa shape index (κ1) is 18.2. The van der Waals surface area contributed by atoms with E-state index >= 15 is 0 Å². The van der Waals surface area contributed by atoms with E-state index < -0.39 is 0 Å². The van der Waals surface area contributed by atoms with Crippen molar-refractivity contribution in [2.24, 2.45) is 0 Å². The predicted octanol–water partition coefficient (Wildman–Crippen LogP) is 3.17. The topological polar surface area (TPSA) is 72.7 Å². The van der Waals surface area contributed by atoms with Gasteiger partial charge >= 0.3 is 0 Å². The molecule has 1 aliphatic rings. The van der Waals surface area contributed by atoms with Crippen LogP contribution in [0.15, 0.2) is 54.6 Å². The van der Waals surface area contributed by atoms with E-state index in [1.165, 1.54) is 11.6 Å². The molecule has 1 saturated heterocycles. The van der Waals surface area contributed by atoms with E-state index in [-0.39, 0.29) is 29.1 Å². The van der Waals surface area contributed by atoms with E-state index in [1.807, 2.05) is 18.2 Å². The Hall–Kier alpha value is -2.57. The molecule has 1 unspecified atom stereocenters. The zero-order valence-electron chi connectivity index (χ0n) is 14.5. The standard InChI is InChI=1S/C20H22N2O4/c23-12-10-19(18-8-4-5-9-20(18)22(24)25)21-11-13-26-15-17(21)14-16-6-2-1-3-7-16/h1-9,12,17,19H,10-11,13-15H2/t17?,19-/m0/s1. The van der Waals surface area contributed by atoms with E-state index in [1.54, 1.807) is 18.2 Å². The molecular formula is C20H22N2O4. The lowest BCUT2D eigenvalue weighted by molar-refractivity contribution is -0.386. The van der Waals surface area contributed by atoms with Crippen LogP contribution in [0.4, 0.5) is 5.69 Å². The van der Waals surface area contributed by atoms with Crippen molar-refractivity contribution in [2.45, 2.75) is 24.9 Å². The van der Waals surface area contributed by atoms with Gasteiger partial charge in [0.1, 0.15) is 6.29 Å². The number of carbonyl (C=O) groups excluding carboxylic acids is 1. The van der Waals surface area contributed by atoms with Crippen LogP contribution in [0.3, 0.4) is 0 Å². The molecule has 0 amide bonds. The second-order valence-electron chi connectivity index (χ2n) is 6.39. The van der Waals surface area contributed by atoms with Crippen molar-refractivity contribution in [3.63, 3.8) is 0 Å². The summed E-state index contributed by atoms with van der Waals surface area (Å²) in [5, 5.41) is 11.5. The molecule has 0 bridgehead atoms. The van der Waals surface area contributed by atoms with Crippen LogP contribution in [0.2, 0.25) is 0 Å². The van der Waals surface area contributed by atoms with Crippen LogP contribution in [0.5, 0.6) is 0 Å². The van der Waals surface area contributed by atoms with Crippen molar-refractivity contribution in [1.82, 2.24) is 4.90 Å². The molecule has 0 spiro atoms. The van der Waals surface area contributed by atoms with Gasteiger partial charge in [0.25, 0.3) is 5.69 Å². The molecule has 0 aliphatic carbocycles. The SMILES string of the molecule is O=CC[C@@H](c1ccccc1[N+](=O)[O-])N1CCOCC1Cc1ccccc1. The highest BCUT2D eigenvalue weighted by Crippen LogP contribution is 2.34. The molecular weight excluding hydrogens is 332 g/mol. The van der Waals surface area contributed by atoms with Gasteiger partial charge in [-0.05, 0) is 12.0 Å². The number of hydrogen-bond acceptors (Lipinski definition) is 5. The zero-order chi connectivity index (χ0) is 18.4. The third-order valence-electron chi connectivity index (χ3n) is 4.80. The Labute approximate surface area is 152 Å². The van der Waals surface area contributed by atoms with Gasteiger partial charge in [-0.15, -0.1) is 0 Å². The molecule has 6 nitrogen and oxygen atoms in total. The molecule has 1 aliphatic heterocycles. The summed E-state index contributed by atoms with van der Waals surface area (Å²) in [6.45, 7) is 1.74. The minimum Gasteiger partial charge on any atom is -0.378 e. The number of nitrogens with zero attached hydrogens (tertiary/aromatic N) is 2. The molecule has 136 valence electrons. The minimum atomic E-state index is -0.375. The van der Waals surface area contributed by atoms with Gasteiger partial charge in [-0.25, -0.2) is 0 Å². The normalized spacial score (nSPS) is 19.0. The van der Waals surface area contributed by atoms with Crippen molar-refractivity contribution in [1.29, 1.82) is 0 Å². The maximum atomic E-state index is 11.5. The molecule has 1 heterocycles. The maximum Gasteiger partial charge on any atom is 0.274 e. The second-order valence-corrected chi connectivity index (χ2v) is 6.39. The van der Waals surface area contributed by atoms with Crippen molar-refractivity contribution in [2.75, 3.05) is 19.8 Å². The summed E-state index contributed by atoms with van der Waals surface area (Å²) in [6, 6.07) is 16.5. The van der Waals surface area contributed by atoms with Crippen LogP contribution >= 0.6 is 0 Å². The number of hydrogen-bond donors (Lipinski definition) is 0. The molecule has 0 aromatic heterocycles. The number of aldehydes is 1. The number of benzene rings is 2. The van der Waals surface area contributed by atoms with Crippen LogP contribution in [0.25, 0.3) is 0 Å². The summed E-state index contributed by atoms with van der Waals surface area (Å²) in [6.07, 6.45) is 1.84. The van der Waals surface area contributed by atoms with Gasteiger partial charge in [0, 0.05) is 36.7 Å². The molecule has 2 atom stereocenters. The van der Waals surface area contributed by atoms with E-state index in [0.29, 0.717) is 25.3 Å². The minimum absolute atomic E-state index is 0.0595. The molecule has 0 N–H and O–H groups in total. The number of rotatable bonds is 7. The monoisotopic (exact) mass is 354 g/mol. The number of nitro benzene ring substituents is 1. The van der Waals surface area contributed by atoms with E-state index in [4.69, 9.17) is 4.74 Å². The molecule has 0 saturated carbocycles. The highest BCUT2D eigenvalue weighted by Gasteiger charge is 2.33. The lowest BCUT2D eigenvalue weighted by Gasteiger charge is -2.40. The van der Waals surface area contributed by atoms with Gasteiger partial charge in [0.15, 0.2) is 0 Å². The van der Waals surface area contributed by atoms with Gasteiger partial charge in [0.05, 0.1) is 18.1 Å². The van der Waals surface area contributed by atoms with Gasteiger partial charge in [-0.1, -0.05) is 48.5 Å². The van der Waals surface area contributed by atoms with Crippen molar-refractivity contribution < 1.29 is 14.5 Å². The number of nitro groups is 1. The Bertz CT molecular complexity index is 750. The number of ether oxygens (including phenoxy) is 1. The Morgan fingerprint density at radius 1 is 1.19 bits per heavy atom. The molecule has 3 rings (SSSR count). The first-order valence-electron chi connectivity index (χ1n) is 8.75. The molecule has 1 fully saturated rings. The average molecular weight is 354 g/mol. The number of para-hydroxylation sites is 1. The summed E-state index contributed by atoms with van der Waals surface area (Å²) in [5.74, 6) is 0. The summed E-state index contributed by atoms with van der Waals surface area (Å²) >= 11 is 0. The van der Waals surface area contributed by atoms with Crippen LogP contribution in [-0.2, 0) is 16.0 Å². The first-order valence-corrected chi connectivity index (χ1v) is 8.75. The smallest absolute Gasteiger partial charge is 0.274 e. The Morgan fingerprint density at radius 2 is 1.92 bits per heavy atom. The van der Waals surface area contributed by atoms with Crippen molar-refractivity contribution in [3.8, 4) is 0 Å². The van der Waals surface area contributed by atoms with Crippen molar-refractivity contribution >= 4 is 12.0 Å². The quantitative estimate of drug-likeness (QED) is 0.434. The fraction of sp³-hybridized carbons (Fsp3) is 0.350. The summed E-state index contributed by atoms with van der Waals surface area (Å²) in [5.41, 5.74) is 1.83. The highest BCUT2D eigenvalue weighted by molar-refractivity contribution is 5.54. The third kappa shape index (κ3) is 4.15. The van der Waals surface area contributed by atoms with E-state index in [0.717, 1.165) is 12.7 Å². The molecule has 2 aromatic carbocycles. The largest absolute Gasteiger partial charge is 0.378 e. The van der Waals surface area contributed by atoms with Crippen LogP contribution in [0.1, 0.15) is 23.6 Å². The molecule has 6 heteroatoms. The third-order valence-corrected chi connectivity index (χ3v) is 4.80. The highest BCUT2D eigenvalue weighted by atomic mass is 16.6. The maximum absolute atomic E-state index is 11.5. The molecule has 0 radical (unpaired) electrons. The average Bonchev–Trinajstić information content (AvgIpc) is 2.67. The van der Waals surface area contributed by atoms with Gasteiger partial charge in [-0.3, -0.25) is 15.0 Å². The Balaban J connectivity index is 1.92. The van der Waals surface area contributed by atoms with Gasteiger partial charge < -0.3 is 9.53 Å². The summed E-state index contributed by atoms with van der Waals surface area (Å²) in [4.78, 5) is 24.6. The lowest BCUT2D eigenvalue weighted by atomic mass is 9.96. The Morgan fingerprint density at radius 3 is 2.65 bits per heavy atom. The number of carbonyl (C=O) groups is 1. The fourth-order valence-electron chi connectivity index (χ4n) is 3.61. The van der Waals surface area contributed by atoms with E-state index in [2.05, 4.69) is 17.0 Å². The summed E-state index contributed by atoms with van der Waals surface area (Å²) in [7, 11) is 0. The van der Waals surface area contributed by atoms with Gasteiger partial charge in [-0.2, -0.15) is 0 Å². The fourth-order valence-corrected chi connectivity index (χ4v) is 3.61. The van der Waals surface area contributed by atoms with Crippen LogP contribution in [0, 0.1) is 10.1 Å². The Kier molecular flexibility index (Phi) is 6.09. The second kappa shape index (κ2) is 8.69. The van der Waals surface area contributed by atoms with Gasteiger partial charge in [0.2, 0.25) is 0 Å². The predicted molar refractivity (Wildman–Crippen MR) is 98.0 cm³/mol. The van der Waals surface area contributed by atoms with Crippen molar-refractivity contribution in [3.05, 3.63) is 75.8 Å². The first-order chi connectivity index (χ1) is 12.7. The molecule has 2 aromatic rings.